The predicted molar refractivity (Wildman–Crippen MR) is 95.2 cm³/mol. The summed E-state index contributed by atoms with van der Waals surface area (Å²) in [5.74, 6) is -0.219. The smallest absolute Gasteiger partial charge is 0.235 e. The van der Waals surface area contributed by atoms with Gasteiger partial charge in [-0.05, 0) is 45.0 Å². The first kappa shape index (κ1) is 18.9. The maximum Gasteiger partial charge on any atom is 0.235 e. The average molecular weight is 353 g/mol. The lowest BCUT2D eigenvalue weighted by atomic mass is 10.1. The van der Waals surface area contributed by atoms with Gasteiger partial charge in [0, 0.05) is 12.6 Å². The molecule has 1 amide bonds. The van der Waals surface area contributed by atoms with E-state index in [1.165, 1.54) is 4.31 Å². The molecule has 1 aromatic carbocycles. The van der Waals surface area contributed by atoms with Crippen LogP contribution in [-0.2, 0) is 21.2 Å². The van der Waals surface area contributed by atoms with Crippen molar-refractivity contribution in [3.63, 3.8) is 0 Å². The molecule has 1 fully saturated rings. The van der Waals surface area contributed by atoms with Gasteiger partial charge in [0.25, 0.3) is 0 Å². The van der Waals surface area contributed by atoms with Gasteiger partial charge in [0.05, 0.1) is 12.8 Å². The molecule has 7 heteroatoms. The molecule has 0 saturated carbocycles. The normalized spacial score (nSPS) is 17.1. The van der Waals surface area contributed by atoms with E-state index in [2.05, 4.69) is 17.3 Å². The van der Waals surface area contributed by atoms with Gasteiger partial charge in [0.2, 0.25) is 15.9 Å². The van der Waals surface area contributed by atoms with Crippen molar-refractivity contribution >= 4 is 15.9 Å². The highest BCUT2D eigenvalue weighted by Gasteiger charge is 2.23. The molecule has 0 radical (unpaired) electrons. The monoisotopic (exact) mass is 353 g/mol. The molecule has 24 heavy (non-hydrogen) atoms. The van der Waals surface area contributed by atoms with Crippen molar-refractivity contribution < 1.29 is 13.2 Å². The van der Waals surface area contributed by atoms with E-state index in [0.717, 1.165) is 37.8 Å². The third-order valence-corrected chi connectivity index (χ3v) is 5.62. The highest BCUT2D eigenvalue weighted by Crippen LogP contribution is 2.09. The maximum atomic E-state index is 12.2. The summed E-state index contributed by atoms with van der Waals surface area (Å²) in [5.41, 5.74) is 1.06. The Labute approximate surface area is 144 Å². The second kappa shape index (κ2) is 8.60. The third kappa shape index (κ3) is 6.22. The molecule has 1 aliphatic rings. The molecule has 1 heterocycles. The fourth-order valence-corrected chi connectivity index (χ4v) is 3.62. The number of carbonyl (C=O) groups is 1. The van der Waals surface area contributed by atoms with Crippen LogP contribution in [0.5, 0.6) is 0 Å². The van der Waals surface area contributed by atoms with Crippen molar-refractivity contribution in [1.82, 2.24) is 14.5 Å². The van der Waals surface area contributed by atoms with E-state index in [-0.39, 0.29) is 18.5 Å². The van der Waals surface area contributed by atoms with Crippen LogP contribution >= 0.6 is 0 Å². The fraction of sp³-hybridized carbons (Fsp3) is 0.588. The molecule has 0 atom stereocenters. The minimum Gasteiger partial charge on any atom is -0.352 e. The summed E-state index contributed by atoms with van der Waals surface area (Å²) in [4.78, 5) is 14.5. The van der Waals surface area contributed by atoms with Crippen molar-refractivity contribution in [3.05, 3.63) is 35.9 Å². The van der Waals surface area contributed by atoms with E-state index >= 15 is 0 Å². The lowest BCUT2D eigenvalue weighted by Gasteiger charge is -2.30. The van der Waals surface area contributed by atoms with Gasteiger partial charge in [-0.1, -0.05) is 30.3 Å². The molecule has 0 aromatic heterocycles. The second-order valence-corrected chi connectivity index (χ2v) is 8.46. The zero-order valence-electron chi connectivity index (χ0n) is 14.4. The number of benzene rings is 1. The first-order valence-electron chi connectivity index (χ1n) is 8.31. The maximum absolute atomic E-state index is 12.2. The van der Waals surface area contributed by atoms with Crippen molar-refractivity contribution in [2.24, 2.45) is 0 Å². The summed E-state index contributed by atoms with van der Waals surface area (Å²) in [6.07, 6.45) is 3.56. The van der Waals surface area contributed by atoms with Crippen LogP contribution in [0.3, 0.4) is 0 Å². The van der Waals surface area contributed by atoms with E-state index in [1.807, 2.05) is 30.3 Å². The Morgan fingerprint density at radius 1 is 1.25 bits per heavy atom. The first-order valence-corrected chi connectivity index (χ1v) is 10.2. The average Bonchev–Trinajstić information content (AvgIpc) is 2.53. The summed E-state index contributed by atoms with van der Waals surface area (Å²) in [6.45, 7) is 2.10. The van der Waals surface area contributed by atoms with E-state index < -0.39 is 10.0 Å². The second-order valence-electron chi connectivity index (χ2n) is 6.48. The lowest BCUT2D eigenvalue weighted by molar-refractivity contribution is -0.122. The molecular weight excluding hydrogens is 326 g/mol. The molecular formula is C17H27N3O3S. The van der Waals surface area contributed by atoms with Gasteiger partial charge in [-0.25, -0.2) is 8.42 Å². The van der Waals surface area contributed by atoms with Gasteiger partial charge in [-0.3, -0.25) is 4.79 Å². The number of carbonyl (C=O) groups excluding carboxylic acids is 1. The van der Waals surface area contributed by atoms with Gasteiger partial charge in [0.1, 0.15) is 0 Å². The Morgan fingerprint density at radius 3 is 2.46 bits per heavy atom. The standard InChI is InChI=1S/C17H27N3O3S/c1-19-11-9-16(10-12-19)18-17(21)14-20(24(2,22)23)13-8-15-6-4-3-5-7-15/h3-7,16H,8-14H2,1-2H3,(H,18,21). The van der Waals surface area contributed by atoms with Crippen molar-refractivity contribution in [3.8, 4) is 0 Å². The lowest BCUT2D eigenvalue weighted by Crippen LogP contribution is -2.47. The van der Waals surface area contributed by atoms with Crippen molar-refractivity contribution in [1.29, 1.82) is 0 Å². The third-order valence-electron chi connectivity index (χ3n) is 4.37. The van der Waals surface area contributed by atoms with E-state index in [9.17, 15) is 13.2 Å². The zero-order chi connectivity index (χ0) is 17.6. The van der Waals surface area contributed by atoms with Gasteiger partial charge < -0.3 is 10.2 Å². The predicted octanol–water partition coefficient (Wildman–Crippen LogP) is 0.701. The Bertz CT molecular complexity index is 626. The number of amides is 1. The van der Waals surface area contributed by atoms with Crippen LogP contribution in [0.25, 0.3) is 0 Å². The zero-order valence-corrected chi connectivity index (χ0v) is 15.3. The molecule has 134 valence electrons. The number of hydrogen-bond acceptors (Lipinski definition) is 4. The van der Waals surface area contributed by atoms with Crippen LogP contribution in [0.4, 0.5) is 0 Å². The first-order chi connectivity index (χ1) is 11.3. The topological polar surface area (TPSA) is 69.7 Å². The summed E-state index contributed by atoms with van der Waals surface area (Å²) < 4.78 is 25.2. The molecule has 1 aliphatic heterocycles. The number of rotatable bonds is 7. The molecule has 0 bridgehead atoms. The number of nitrogens with one attached hydrogen (secondary N) is 1. The SMILES string of the molecule is CN1CCC(NC(=O)CN(CCc2ccccc2)S(C)(=O)=O)CC1. The van der Waals surface area contributed by atoms with Crippen molar-refractivity contribution in [2.75, 3.05) is 39.5 Å². The number of hydrogen-bond donors (Lipinski definition) is 1. The molecule has 1 aromatic rings. The number of nitrogens with zero attached hydrogens (tertiary/aromatic N) is 2. The summed E-state index contributed by atoms with van der Waals surface area (Å²) in [6, 6.07) is 9.83. The molecule has 6 nitrogen and oxygen atoms in total. The molecule has 0 unspecified atom stereocenters. The molecule has 0 spiro atoms. The molecule has 2 rings (SSSR count). The van der Waals surface area contributed by atoms with Crippen molar-refractivity contribution in [2.45, 2.75) is 25.3 Å². The quantitative estimate of drug-likeness (QED) is 0.783. The van der Waals surface area contributed by atoms with Gasteiger partial charge in [-0.15, -0.1) is 0 Å². The van der Waals surface area contributed by atoms with E-state index in [1.54, 1.807) is 0 Å². The van der Waals surface area contributed by atoms with Gasteiger partial charge >= 0.3 is 0 Å². The summed E-state index contributed by atoms with van der Waals surface area (Å²) in [7, 11) is -1.35. The van der Waals surface area contributed by atoms with Crippen LogP contribution < -0.4 is 5.32 Å². The minimum atomic E-state index is -3.42. The van der Waals surface area contributed by atoms with E-state index in [0.29, 0.717) is 13.0 Å². The number of sulfonamides is 1. The highest BCUT2D eigenvalue weighted by atomic mass is 32.2. The van der Waals surface area contributed by atoms with Crippen LogP contribution in [0, 0.1) is 0 Å². The molecule has 1 N–H and O–H groups in total. The number of likely N-dealkylation sites (tertiary alicyclic amines) is 1. The number of piperidine rings is 1. The van der Waals surface area contributed by atoms with E-state index in [4.69, 9.17) is 0 Å². The van der Waals surface area contributed by atoms with Crippen LogP contribution in [0.1, 0.15) is 18.4 Å². The van der Waals surface area contributed by atoms with Gasteiger partial charge in [-0.2, -0.15) is 4.31 Å². The summed E-state index contributed by atoms with van der Waals surface area (Å²) in [5, 5.41) is 2.97. The Balaban J connectivity index is 1.87. The van der Waals surface area contributed by atoms with Crippen LogP contribution in [-0.4, -0.2) is 69.1 Å². The van der Waals surface area contributed by atoms with Crippen LogP contribution in [0.2, 0.25) is 0 Å². The highest BCUT2D eigenvalue weighted by molar-refractivity contribution is 7.88. The fourth-order valence-electron chi connectivity index (χ4n) is 2.85. The Kier molecular flexibility index (Phi) is 6.77. The van der Waals surface area contributed by atoms with Crippen LogP contribution in [0.15, 0.2) is 30.3 Å². The summed E-state index contributed by atoms with van der Waals surface area (Å²) >= 11 is 0. The minimum absolute atomic E-state index is 0.113. The largest absolute Gasteiger partial charge is 0.352 e. The Morgan fingerprint density at radius 2 is 1.88 bits per heavy atom. The molecule has 1 saturated heterocycles. The molecule has 0 aliphatic carbocycles. The van der Waals surface area contributed by atoms with Gasteiger partial charge in [0.15, 0.2) is 0 Å². The Hall–Kier alpha value is -1.44.